The summed E-state index contributed by atoms with van der Waals surface area (Å²) in [5, 5.41) is 5.52. The summed E-state index contributed by atoms with van der Waals surface area (Å²) in [4.78, 5) is 12.2. The molecule has 1 amide bonds. The van der Waals surface area contributed by atoms with Crippen LogP contribution >= 0.6 is 11.6 Å². The van der Waals surface area contributed by atoms with Gasteiger partial charge in [0.05, 0.1) is 10.7 Å². The van der Waals surface area contributed by atoms with Crippen LogP contribution in [-0.4, -0.2) is 12.5 Å². The Balaban J connectivity index is 1.98. The third-order valence-corrected chi connectivity index (χ3v) is 4.53. The molecule has 0 aliphatic heterocycles. The molecule has 0 aromatic heterocycles. The van der Waals surface area contributed by atoms with Crippen molar-refractivity contribution in [1.82, 2.24) is 0 Å². The van der Waals surface area contributed by atoms with Gasteiger partial charge < -0.3 is 10.6 Å². The molecule has 4 heteroatoms. The summed E-state index contributed by atoms with van der Waals surface area (Å²) in [6.07, 6.45) is 1.04. The molecule has 128 valence electrons. The van der Waals surface area contributed by atoms with Gasteiger partial charge in [-0.25, -0.2) is 0 Å². The van der Waals surface area contributed by atoms with Crippen molar-refractivity contribution >= 4 is 23.2 Å². The first kappa shape index (κ1) is 18.5. The molecule has 3 N–H and O–H groups in total. The Labute approximate surface area is 149 Å². The zero-order chi connectivity index (χ0) is 17.5. The molecule has 0 saturated carbocycles. The molecule has 0 radical (unpaired) electrons. The fourth-order valence-corrected chi connectivity index (χ4v) is 2.95. The fraction of sp³-hybridized carbons (Fsp3) is 0.350. The molecule has 24 heavy (non-hydrogen) atoms. The van der Waals surface area contributed by atoms with Crippen LogP contribution in [0.5, 0.6) is 0 Å². The van der Waals surface area contributed by atoms with E-state index in [1.54, 1.807) is 6.07 Å². The molecule has 3 nitrogen and oxygen atoms in total. The van der Waals surface area contributed by atoms with Crippen molar-refractivity contribution in [3.63, 3.8) is 0 Å². The van der Waals surface area contributed by atoms with Crippen molar-refractivity contribution in [2.24, 2.45) is 5.92 Å². The number of nitrogens with two attached hydrogens (primary N) is 1. The Morgan fingerprint density at radius 2 is 1.79 bits per heavy atom. The maximum Gasteiger partial charge on any atom is 0.279 e. The summed E-state index contributed by atoms with van der Waals surface area (Å²) in [6.45, 7) is 6.88. The lowest BCUT2D eigenvalue weighted by molar-refractivity contribution is -0.692. The minimum absolute atomic E-state index is 0.0427. The topological polar surface area (TPSA) is 45.7 Å². The molecule has 0 aliphatic carbocycles. The van der Waals surface area contributed by atoms with Gasteiger partial charge in [0.25, 0.3) is 5.91 Å². The van der Waals surface area contributed by atoms with Gasteiger partial charge in [-0.15, -0.1) is 0 Å². The number of benzene rings is 2. The summed E-state index contributed by atoms with van der Waals surface area (Å²) >= 11 is 6.08. The van der Waals surface area contributed by atoms with Crippen LogP contribution in [0.1, 0.15) is 37.9 Å². The molecule has 0 aliphatic rings. The van der Waals surface area contributed by atoms with E-state index in [1.807, 2.05) is 18.2 Å². The number of amides is 1. The molecule has 0 heterocycles. The van der Waals surface area contributed by atoms with Gasteiger partial charge >= 0.3 is 0 Å². The molecule has 0 fully saturated rings. The number of hydrogen-bond acceptors (Lipinski definition) is 1. The van der Waals surface area contributed by atoms with Gasteiger partial charge in [-0.3, -0.25) is 4.79 Å². The van der Waals surface area contributed by atoms with Crippen LogP contribution in [0.3, 0.4) is 0 Å². The van der Waals surface area contributed by atoms with E-state index in [-0.39, 0.29) is 11.9 Å². The van der Waals surface area contributed by atoms with Crippen LogP contribution in [0.15, 0.2) is 48.5 Å². The Kier molecular flexibility index (Phi) is 6.83. The second-order valence-electron chi connectivity index (χ2n) is 6.33. The highest BCUT2D eigenvalue weighted by molar-refractivity contribution is 6.33. The Morgan fingerprint density at radius 1 is 1.12 bits per heavy atom. The molecular weight excluding hydrogens is 320 g/mol. The van der Waals surface area contributed by atoms with Gasteiger partial charge in [0.15, 0.2) is 6.54 Å². The maximum absolute atomic E-state index is 12.2. The molecular formula is C20H26ClN2O+. The minimum Gasteiger partial charge on any atom is -0.332 e. The monoisotopic (exact) mass is 345 g/mol. The summed E-state index contributed by atoms with van der Waals surface area (Å²) in [6, 6.07) is 16.2. The standard InChI is InChI=1S/C20H25ClN2O/c1-4-15-9-11-16(12-10-15)20(14(2)3)22-13-19(24)23-18-8-6-5-7-17(18)21/h5-12,14,20,22H,4,13H2,1-3H3,(H,23,24)/p+1/t20-/m0/s1. The van der Waals surface area contributed by atoms with Gasteiger partial charge in [-0.2, -0.15) is 0 Å². The number of aryl methyl sites for hydroxylation is 1. The number of carbonyl (C=O) groups is 1. The van der Waals surface area contributed by atoms with E-state index >= 15 is 0 Å². The highest BCUT2D eigenvalue weighted by Crippen LogP contribution is 2.20. The molecule has 0 spiro atoms. The van der Waals surface area contributed by atoms with Crippen LogP contribution in [0.2, 0.25) is 5.02 Å². The minimum atomic E-state index is -0.0427. The quantitative estimate of drug-likeness (QED) is 0.787. The molecule has 2 rings (SSSR count). The number of carbonyl (C=O) groups excluding carboxylic acids is 1. The van der Waals surface area contributed by atoms with E-state index in [4.69, 9.17) is 11.6 Å². The largest absolute Gasteiger partial charge is 0.332 e. The lowest BCUT2D eigenvalue weighted by Crippen LogP contribution is -2.88. The van der Waals surface area contributed by atoms with Crippen LogP contribution in [-0.2, 0) is 11.2 Å². The van der Waals surface area contributed by atoms with Crippen molar-refractivity contribution in [2.75, 3.05) is 11.9 Å². The van der Waals surface area contributed by atoms with Crippen LogP contribution in [0.4, 0.5) is 5.69 Å². The van der Waals surface area contributed by atoms with E-state index in [9.17, 15) is 4.79 Å². The molecule has 0 saturated heterocycles. The van der Waals surface area contributed by atoms with Gasteiger partial charge in [0, 0.05) is 11.5 Å². The normalized spacial score (nSPS) is 12.2. The predicted molar refractivity (Wildman–Crippen MR) is 100 cm³/mol. The molecule has 0 bridgehead atoms. The summed E-state index contributed by atoms with van der Waals surface area (Å²) in [5.41, 5.74) is 3.25. The number of para-hydroxylation sites is 1. The third-order valence-electron chi connectivity index (χ3n) is 4.20. The fourth-order valence-electron chi connectivity index (χ4n) is 2.77. The van der Waals surface area contributed by atoms with Crippen LogP contribution < -0.4 is 10.6 Å². The molecule has 2 aromatic rings. The third kappa shape index (κ3) is 5.08. The van der Waals surface area contributed by atoms with Gasteiger partial charge in [0.2, 0.25) is 0 Å². The lowest BCUT2D eigenvalue weighted by Gasteiger charge is -2.20. The SMILES string of the molecule is CCc1ccc([C@@H]([NH2+]CC(=O)Nc2ccccc2Cl)C(C)C)cc1. The average Bonchev–Trinajstić information content (AvgIpc) is 2.57. The Bertz CT molecular complexity index is 668. The second-order valence-corrected chi connectivity index (χ2v) is 6.74. The molecule has 0 unspecified atom stereocenters. The summed E-state index contributed by atoms with van der Waals surface area (Å²) < 4.78 is 0. The van der Waals surface area contributed by atoms with Gasteiger partial charge in [-0.05, 0) is 24.1 Å². The van der Waals surface area contributed by atoms with Crippen LogP contribution in [0, 0.1) is 5.92 Å². The number of halogens is 1. The smallest absolute Gasteiger partial charge is 0.279 e. The Morgan fingerprint density at radius 3 is 2.38 bits per heavy atom. The first-order valence-electron chi connectivity index (χ1n) is 8.47. The zero-order valence-electron chi connectivity index (χ0n) is 14.6. The molecule has 1 atom stereocenters. The van der Waals surface area contributed by atoms with Crippen molar-refractivity contribution in [1.29, 1.82) is 0 Å². The van der Waals surface area contributed by atoms with Crippen molar-refractivity contribution in [3.8, 4) is 0 Å². The van der Waals surface area contributed by atoms with E-state index in [2.05, 4.69) is 55.7 Å². The first-order valence-corrected chi connectivity index (χ1v) is 8.85. The van der Waals surface area contributed by atoms with Crippen LogP contribution in [0.25, 0.3) is 0 Å². The van der Waals surface area contributed by atoms with Gasteiger partial charge in [0.1, 0.15) is 6.04 Å². The maximum atomic E-state index is 12.2. The number of quaternary nitrogens is 1. The summed E-state index contributed by atoms with van der Waals surface area (Å²) in [7, 11) is 0. The number of anilines is 1. The van der Waals surface area contributed by atoms with Crippen molar-refractivity contribution < 1.29 is 10.1 Å². The zero-order valence-corrected chi connectivity index (χ0v) is 15.3. The first-order chi connectivity index (χ1) is 11.5. The Hall–Kier alpha value is -1.84. The number of rotatable bonds is 7. The van der Waals surface area contributed by atoms with E-state index < -0.39 is 0 Å². The highest BCUT2D eigenvalue weighted by atomic mass is 35.5. The average molecular weight is 346 g/mol. The second kappa shape index (κ2) is 8.86. The summed E-state index contributed by atoms with van der Waals surface area (Å²) in [5.74, 6) is 0.393. The van der Waals surface area contributed by atoms with E-state index in [1.165, 1.54) is 11.1 Å². The van der Waals surface area contributed by atoms with Crippen molar-refractivity contribution in [2.45, 2.75) is 33.2 Å². The highest BCUT2D eigenvalue weighted by Gasteiger charge is 2.20. The van der Waals surface area contributed by atoms with E-state index in [0.29, 0.717) is 23.2 Å². The van der Waals surface area contributed by atoms with Crippen molar-refractivity contribution in [3.05, 3.63) is 64.7 Å². The van der Waals surface area contributed by atoms with E-state index in [0.717, 1.165) is 6.42 Å². The predicted octanol–water partition coefficient (Wildman–Crippen LogP) is 3.80. The van der Waals surface area contributed by atoms with Gasteiger partial charge in [-0.1, -0.05) is 68.8 Å². The molecule has 2 aromatic carbocycles. The number of nitrogens with one attached hydrogen (secondary N) is 1. The number of hydrogen-bond donors (Lipinski definition) is 2. The lowest BCUT2D eigenvalue weighted by atomic mass is 9.95.